The molecule has 0 aliphatic carbocycles. The summed E-state index contributed by atoms with van der Waals surface area (Å²) in [6.07, 6.45) is 0. The van der Waals surface area contributed by atoms with Crippen molar-refractivity contribution in [3.05, 3.63) is 40.1 Å². The molecule has 1 aromatic heterocycles. The molecule has 0 saturated heterocycles. The molecule has 4 nitrogen and oxygen atoms in total. The smallest absolute Gasteiger partial charge is 0.186 e. The number of nitrogens with two attached hydrogens (primary N) is 1. The molecule has 0 spiro atoms. The van der Waals surface area contributed by atoms with Crippen molar-refractivity contribution in [1.82, 2.24) is 4.98 Å². The predicted octanol–water partition coefficient (Wildman–Crippen LogP) is 2.15. The van der Waals surface area contributed by atoms with Crippen molar-refractivity contribution in [1.29, 1.82) is 0 Å². The Bertz CT molecular complexity index is 680. The Labute approximate surface area is 108 Å². The van der Waals surface area contributed by atoms with Crippen LogP contribution in [0.2, 0.25) is 0 Å². The highest BCUT2D eigenvalue weighted by molar-refractivity contribution is 7.90. The average molecular weight is 286 g/mol. The van der Waals surface area contributed by atoms with Crippen LogP contribution in [0.25, 0.3) is 0 Å². The van der Waals surface area contributed by atoms with Gasteiger partial charge in [0.2, 0.25) is 0 Å². The Kier molecular flexibility index (Phi) is 3.36. The van der Waals surface area contributed by atoms with Gasteiger partial charge in [0.05, 0.1) is 27.0 Å². The maximum atomic E-state index is 13.1. The number of aromatic nitrogens is 1. The third-order valence-electron chi connectivity index (χ3n) is 2.32. The maximum absolute atomic E-state index is 13.1. The quantitative estimate of drug-likeness (QED) is 0.877. The van der Waals surface area contributed by atoms with Crippen molar-refractivity contribution in [2.24, 2.45) is 0 Å². The summed E-state index contributed by atoms with van der Waals surface area (Å²) in [5, 5.41) is 2.45. The normalized spacial score (nSPS) is 11.7. The molecule has 1 heterocycles. The van der Waals surface area contributed by atoms with E-state index in [1.54, 1.807) is 12.3 Å². The van der Waals surface area contributed by atoms with Crippen LogP contribution in [0.4, 0.5) is 10.1 Å². The summed E-state index contributed by atoms with van der Waals surface area (Å²) in [5.74, 6) is -0.900. The van der Waals surface area contributed by atoms with Crippen LogP contribution in [0.15, 0.2) is 28.5 Å². The van der Waals surface area contributed by atoms with E-state index in [2.05, 4.69) is 4.98 Å². The van der Waals surface area contributed by atoms with Crippen molar-refractivity contribution in [3.63, 3.8) is 0 Å². The van der Waals surface area contributed by atoms with Gasteiger partial charge in [-0.2, -0.15) is 0 Å². The molecule has 96 valence electrons. The fourth-order valence-electron chi connectivity index (χ4n) is 1.52. The van der Waals surface area contributed by atoms with Crippen LogP contribution in [0.5, 0.6) is 0 Å². The fourth-order valence-corrected chi connectivity index (χ4v) is 3.65. The van der Waals surface area contributed by atoms with Crippen LogP contribution in [-0.2, 0) is 15.6 Å². The molecule has 0 atom stereocenters. The summed E-state index contributed by atoms with van der Waals surface area (Å²) < 4.78 is 37.3. The Morgan fingerprint density at radius 3 is 2.78 bits per heavy atom. The number of nitrogen functional groups attached to an aromatic ring is 1. The third-order valence-corrected chi connectivity index (χ3v) is 4.84. The molecule has 0 unspecified atom stereocenters. The van der Waals surface area contributed by atoms with Gasteiger partial charge >= 0.3 is 0 Å². The number of aryl methyl sites for hydroxylation is 1. The van der Waals surface area contributed by atoms with E-state index in [4.69, 9.17) is 5.73 Å². The summed E-state index contributed by atoms with van der Waals surface area (Å²) in [6, 6.07) is 3.31. The molecule has 7 heteroatoms. The maximum Gasteiger partial charge on any atom is 0.186 e. The number of anilines is 1. The molecule has 0 saturated carbocycles. The summed E-state index contributed by atoms with van der Waals surface area (Å²) in [6.45, 7) is 1.79. The lowest BCUT2D eigenvalue weighted by atomic mass is 10.3. The molecule has 0 aliphatic heterocycles. The summed E-state index contributed by atoms with van der Waals surface area (Å²) in [7, 11) is -3.67. The van der Waals surface area contributed by atoms with Crippen molar-refractivity contribution in [3.8, 4) is 0 Å². The van der Waals surface area contributed by atoms with E-state index in [0.717, 1.165) is 17.1 Å². The highest BCUT2D eigenvalue weighted by atomic mass is 32.2. The van der Waals surface area contributed by atoms with Gasteiger partial charge < -0.3 is 5.73 Å². The molecule has 18 heavy (non-hydrogen) atoms. The average Bonchev–Trinajstić information content (AvgIpc) is 2.66. The number of rotatable bonds is 3. The zero-order chi connectivity index (χ0) is 13.3. The van der Waals surface area contributed by atoms with Crippen LogP contribution in [-0.4, -0.2) is 13.4 Å². The minimum atomic E-state index is -3.67. The minimum absolute atomic E-state index is 0.0448. The SMILES string of the molecule is Cc1nc(CS(=O)(=O)c2cc(F)ccc2N)cs1. The molecule has 1 aromatic carbocycles. The first-order chi connectivity index (χ1) is 8.38. The fraction of sp³-hybridized carbons (Fsp3) is 0.182. The number of thiazole rings is 1. The largest absolute Gasteiger partial charge is 0.398 e. The first-order valence-corrected chi connectivity index (χ1v) is 7.60. The van der Waals surface area contributed by atoms with Crippen LogP contribution in [0.1, 0.15) is 10.7 Å². The first-order valence-electron chi connectivity index (χ1n) is 5.07. The molecular formula is C11H11FN2O2S2. The number of nitrogens with zero attached hydrogens (tertiary/aromatic N) is 1. The van der Waals surface area contributed by atoms with Gasteiger partial charge in [-0.05, 0) is 25.1 Å². The van der Waals surface area contributed by atoms with Crippen LogP contribution in [0.3, 0.4) is 0 Å². The lowest BCUT2D eigenvalue weighted by molar-refractivity contribution is 0.590. The molecule has 0 amide bonds. The molecule has 2 N–H and O–H groups in total. The summed E-state index contributed by atoms with van der Waals surface area (Å²) in [4.78, 5) is 3.89. The second-order valence-corrected chi connectivity index (χ2v) is 6.82. The Hall–Kier alpha value is -1.47. The second kappa shape index (κ2) is 4.66. The van der Waals surface area contributed by atoms with Gasteiger partial charge in [-0.1, -0.05) is 0 Å². The Balaban J connectivity index is 2.39. The zero-order valence-electron chi connectivity index (χ0n) is 9.55. The lowest BCUT2D eigenvalue weighted by Gasteiger charge is -2.06. The lowest BCUT2D eigenvalue weighted by Crippen LogP contribution is -2.08. The van der Waals surface area contributed by atoms with E-state index in [0.29, 0.717) is 5.69 Å². The van der Waals surface area contributed by atoms with E-state index in [1.807, 2.05) is 0 Å². The van der Waals surface area contributed by atoms with E-state index in [1.165, 1.54) is 17.4 Å². The van der Waals surface area contributed by atoms with Crippen molar-refractivity contribution >= 4 is 26.9 Å². The molecule has 0 aliphatic rings. The highest BCUT2D eigenvalue weighted by Crippen LogP contribution is 2.23. The minimum Gasteiger partial charge on any atom is -0.398 e. The van der Waals surface area contributed by atoms with Crippen LogP contribution < -0.4 is 5.73 Å². The molecule has 2 aromatic rings. The monoisotopic (exact) mass is 286 g/mol. The van der Waals surface area contributed by atoms with Gasteiger partial charge in [-0.25, -0.2) is 17.8 Å². The number of hydrogen-bond acceptors (Lipinski definition) is 5. The van der Waals surface area contributed by atoms with Gasteiger partial charge in [0.25, 0.3) is 0 Å². The highest BCUT2D eigenvalue weighted by Gasteiger charge is 2.20. The van der Waals surface area contributed by atoms with Gasteiger partial charge in [-0.15, -0.1) is 11.3 Å². The summed E-state index contributed by atoms with van der Waals surface area (Å²) in [5.41, 5.74) is 6.06. The van der Waals surface area contributed by atoms with Gasteiger partial charge in [0.1, 0.15) is 5.82 Å². The topological polar surface area (TPSA) is 73.0 Å². The number of sulfone groups is 1. The standard InChI is InChI=1S/C11H11FN2O2S2/c1-7-14-9(5-17-7)6-18(15,16)11-4-8(12)2-3-10(11)13/h2-5H,6,13H2,1H3. The van der Waals surface area contributed by atoms with Gasteiger partial charge in [-0.3, -0.25) is 0 Å². The van der Waals surface area contributed by atoms with Crippen molar-refractivity contribution in [2.75, 3.05) is 5.73 Å². The van der Waals surface area contributed by atoms with E-state index >= 15 is 0 Å². The van der Waals surface area contributed by atoms with E-state index in [-0.39, 0.29) is 16.3 Å². The Morgan fingerprint density at radius 1 is 1.44 bits per heavy atom. The predicted molar refractivity (Wildman–Crippen MR) is 68.6 cm³/mol. The molecule has 0 fully saturated rings. The molecule has 0 radical (unpaired) electrons. The van der Waals surface area contributed by atoms with Crippen molar-refractivity contribution < 1.29 is 12.8 Å². The van der Waals surface area contributed by atoms with Gasteiger partial charge in [0.15, 0.2) is 9.84 Å². The number of hydrogen-bond donors (Lipinski definition) is 1. The second-order valence-electron chi connectivity index (χ2n) is 3.80. The van der Waals surface area contributed by atoms with Crippen LogP contribution >= 0.6 is 11.3 Å². The zero-order valence-corrected chi connectivity index (χ0v) is 11.2. The number of halogens is 1. The number of benzene rings is 1. The van der Waals surface area contributed by atoms with Crippen molar-refractivity contribution in [2.45, 2.75) is 17.6 Å². The molecule has 0 bridgehead atoms. The van der Waals surface area contributed by atoms with Crippen LogP contribution in [0, 0.1) is 12.7 Å². The van der Waals surface area contributed by atoms with E-state index in [9.17, 15) is 12.8 Å². The first kappa shape index (κ1) is 13.0. The summed E-state index contributed by atoms with van der Waals surface area (Å²) >= 11 is 1.37. The van der Waals surface area contributed by atoms with E-state index < -0.39 is 15.7 Å². The Morgan fingerprint density at radius 2 is 2.17 bits per heavy atom. The molecule has 2 rings (SSSR count). The third kappa shape index (κ3) is 2.68. The van der Waals surface area contributed by atoms with Gasteiger partial charge in [0, 0.05) is 5.38 Å². The molecular weight excluding hydrogens is 275 g/mol.